The van der Waals surface area contributed by atoms with Gasteiger partial charge in [0.1, 0.15) is 5.69 Å². The molecule has 0 unspecified atom stereocenters. The molecule has 1 aromatic carbocycles. The molecule has 0 saturated heterocycles. The smallest absolute Gasteiger partial charge is 0.159 e. The number of rotatable bonds is 2. The van der Waals surface area contributed by atoms with E-state index in [2.05, 4.69) is 53.0 Å². The van der Waals surface area contributed by atoms with Crippen molar-refractivity contribution < 1.29 is 0 Å². The van der Waals surface area contributed by atoms with Crippen molar-refractivity contribution in [3.8, 4) is 11.5 Å². The predicted molar refractivity (Wildman–Crippen MR) is 96.6 cm³/mol. The lowest BCUT2D eigenvalue weighted by Gasteiger charge is -2.20. The van der Waals surface area contributed by atoms with Gasteiger partial charge in [0.2, 0.25) is 0 Å². The SMILES string of the molecule is CCN1CC(C)(C)c2cc3[nH]c(-c4n[nH]c5c4CCC5)nc3cc21. The van der Waals surface area contributed by atoms with E-state index in [1.54, 1.807) is 0 Å². The van der Waals surface area contributed by atoms with E-state index in [-0.39, 0.29) is 5.41 Å². The Bertz CT molecular complexity index is 946. The van der Waals surface area contributed by atoms with E-state index in [0.29, 0.717) is 0 Å². The van der Waals surface area contributed by atoms with Crippen LogP contribution in [0.3, 0.4) is 0 Å². The van der Waals surface area contributed by atoms with Crippen LogP contribution in [0.5, 0.6) is 0 Å². The molecule has 124 valence electrons. The summed E-state index contributed by atoms with van der Waals surface area (Å²) in [6.45, 7) is 8.98. The monoisotopic (exact) mass is 321 g/mol. The van der Waals surface area contributed by atoms with Gasteiger partial charge in [0.25, 0.3) is 0 Å². The second-order valence-electron chi connectivity index (χ2n) is 7.75. The molecule has 5 nitrogen and oxygen atoms in total. The number of aromatic amines is 2. The normalized spacial score (nSPS) is 18.4. The number of anilines is 1. The Kier molecular flexibility index (Phi) is 2.71. The fraction of sp³-hybridized carbons (Fsp3) is 0.474. The molecule has 0 atom stereocenters. The van der Waals surface area contributed by atoms with Crippen molar-refractivity contribution in [1.82, 2.24) is 20.2 Å². The Morgan fingerprint density at radius 1 is 1.25 bits per heavy atom. The maximum Gasteiger partial charge on any atom is 0.159 e. The first kappa shape index (κ1) is 14.1. The number of aryl methyl sites for hydroxylation is 1. The fourth-order valence-corrected chi connectivity index (χ4v) is 4.41. The number of likely N-dealkylation sites (N-methyl/N-ethyl adjacent to an activating group) is 1. The van der Waals surface area contributed by atoms with Crippen molar-refractivity contribution in [2.24, 2.45) is 0 Å². The second-order valence-corrected chi connectivity index (χ2v) is 7.75. The predicted octanol–water partition coefficient (Wildman–Crippen LogP) is 3.56. The molecule has 3 heterocycles. The summed E-state index contributed by atoms with van der Waals surface area (Å²) in [4.78, 5) is 10.8. The van der Waals surface area contributed by atoms with Gasteiger partial charge in [-0.1, -0.05) is 13.8 Å². The van der Waals surface area contributed by atoms with Crippen molar-refractivity contribution in [2.75, 3.05) is 18.0 Å². The molecule has 0 radical (unpaired) electrons. The maximum atomic E-state index is 4.86. The first-order chi connectivity index (χ1) is 11.6. The van der Waals surface area contributed by atoms with Crippen molar-refractivity contribution >= 4 is 16.7 Å². The van der Waals surface area contributed by atoms with Gasteiger partial charge in [0.15, 0.2) is 5.82 Å². The summed E-state index contributed by atoms with van der Waals surface area (Å²) in [6.07, 6.45) is 3.42. The van der Waals surface area contributed by atoms with Crippen molar-refractivity contribution in [2.45, 2.75) is 45.4 Å². The first-order valence-electron chi connectivity index (χ1n) is 8.92. The van der Waals surface area contributed by atoms with Gasteiger partial charge in [-0.2, -0.15) is 5.10 Å². The van der Waals surface area contributed by atoms with Gasteiger partial charge in [0.05, 0.1) is 11.0 Å². The topological polar surface area (TPSA) is 60.6 Å². The number of H-pyrrole nitrogens is 2. The van der Waals surface area contributed by atoms with Crippen LogP contribution in [0.1, 0.15) is 44.0 Å². The highest BCUT2D eigenvalue weighted by Gasteiger charge is 2.35. The minimum atomic E-state index is 0.179. The van der Waals surface area contributed by atoms with E-state index in [1.165, 1.54) is 28.9 Å². The van der Waals surface area contributed by atoms with Crippen LogP contribution in [0, 0.1) is 0 Å². The van der Waals surface area contributed by atoms with E-state index in [9.17, 15) is 0 Å². The van der Waals surface area contributed by atoms with E-state index in [4.69, 9.17) is 4.98 Å². The molecule has 24 heavy (non-hydrogen) atoms. The Morgan fingerprint density at radius 3 is 2.96 bits per heavy atom. The molecule has 2 aromatic heterocycles. The van der Waals surface area contributed by atoms with Crippen LogP contribution in [0.2, 0.25) is 0 Å². The zero-order chi connectivity index (χ0) is 16.5. The summed E-state index contributed by atoms with van der Waals surface area (Å²) in [5.74, 6) is 0.897. The molecule has 0 bridgehead atoms. The number of nitrogens with zero attached hydrogens (tertiary/aromatic N) is 3. The third kappa shape index (κ3) is 1.81. The molecule has 3 aromatic rings. The van der Waals surface area contributed by atoms with E-state index < -0.39 is 0 Å². The molecule has 0 amide bonds. The number of fused-ring (bicyclic) bond motifs is 3. The summed E-state index contributed by atoms with van der Waals surface area (Å²) >= 11 is 0. The van der Waals surface area contributed by atoms with Gasteiger partial charge >= 0.3 is 0 Å². The van der Waals surface area contributed by atoms with E-state index >= 15 is 0 Å². The third-order valence-corrected chi connectivity index (χ3v) is 5.67. The zero-order valence-corrected chi connectivity index (χ0v) is 14.5. The van der Waals surface area contributed by atoms with Crippen LogP contribution < -0.4 is 4.90 Å². The van der Waals surface area contributed by atoms with Crippen LogP contribution in [-0.4, -0.2) is 33.3 Å². The van der Waals surface area contributed by atoms with E-state index in [0.717, 1.165) is 48.5 Å². The van der Waals surface area contributed by atoms with Crippen molar-refractivity contribution in [3.05, 3.63) is 29.0 Å². The second kappa shape index (κ2) is 4.62. The number of benzene rings is 1. The van der Waals surface area contributed by atoms with Crippen molar-refractivity contribution in [3.63, 3.8) is 0 Å². The number of aromatic nitrogens is 4. The molecule has 0 spiro atoms. The molecule has 2 N–H and O–H groups in total. The lowest BCUT2D eigenvalue weighted by atomic mass is 9.87. The average Bonchev–Trinajstić information content (AvgIpc) is 3.27. The van der Waals surface area contributed by atoms with Gasteiger partial charge in [-0.25, -0.2) is 4.98 Å². The lowest BCUT2D eigenvalue weighted by Crippen LogP contribution is -2.28. The highest BCUT2D eigenvalue weighted by molar-refractivity contribution is 5.86. The Labute approximate surface area is 141 Å². The molecule has 5 rings (SSSR count). The van der Waals surface area contributed by atoms with Crippen molar-refractivity contribution in [1.29, 1.82) is 0 Å². The number of nitrogens with one attached hydrogen (secondary N) is 2. The number of hydrogen-bond donors (Lipinski definition) is 2. The van der Waals surface area contributed by atoms with Crippen LogP contribution in [0.15, 0.2) is 12.1 Å². The Morgan fingerprint density at radius 2 is 2.12 bits per heavy atom. The summed E-state index contributed by atoms with van der Waals surface area (Å²) in [5.41, 5.74) is 8.71. The molecule has 1 aliphatic heterocycles. The van der Waals surface area contributed by atoms with Gasteiger partial charge in [-0.3, -0.25) is 5.10 Å². The van der Waals surface area contributed by atoms with Crippen LogP contribution in [0.4, 0.5) is 5.69 Å². The number of hydrogen-bond acceptors (Lipinski definition) is 3. The highest BCUT2D eigenvalue weighted by atomic mass is 15.2. The minimum Gasteiger partial charge on any atom is -0.371 e. The third-order valence-electron chi connectivity index (χ3n) is 5.67. The quantitative estimate of drug-likeness (QED) is 0.758. The van der Waals surface area contributed by atoms with E-state index in [1.807, 2.05) is 0 Å². The highest BCUT2D eigenvalue weighted by Crippen LogP contribution is 2.42. The average molecular weight is 321 g/mol. The molecule has 0 saturated carbocycles. The van der Waals surface area contributed by atoms with Crippen LogP contribution >= 0.6 is 0 Å². The summed E-state index contributed by atoms with van der Waals surface area (Å²) in [7, 11) is 0. The fourth-order valence-electron chi connectivity index (χ4n) is 4.41. The largest absolute Gasteiger partial charge is 0.371 e. The summed E-state index contributed by atoms with van der Waals surface area (Å²) < 4.78 is 0. The maximum absolute atomic E-state index is 4.86. The molecular formula is C19H23N5. The molecular weight excluding hydrogens is 298 g/mol. The standard InChI is InChI=1S/C19H23N5/c1-4-24-10-19(2,3)12-8-14-15(9-16(12)24)21-18(20-14)17-11-6-5-7-13(11)22-23-17/h8-9H,4-7,10H2,1-3H3,(H,20,21)(H,22,23). The van der Waals surface area contributed by atoms with Gasteiger partial charge in [0, 0.05) is 35.4 Å². The van der Waals surface area contributed by atoms with Gasteiger partial charge in [-0.05, 0) is 43.9 Å². The molecule has 5 heteroatoms. The van der Waals surface area contributed by atoms with Gasteiger partial charge in [-0.15, -0.1) is 0 Å². The Hall–Kier alpha value is -2.30. The summed E-state index contributed by atoms with van der Waals surface area (Å²) in [6, 6.07) is 4.54. The van der Waals surface area contributed by atoms with Crippen LogP contribution in [0.25, 0.3) is 22.6 Å². The molecule has 1 aliphatic carbocycles. The first-order valence-corrected chi connectivity index (χ1v) is 8.92. The Balaban J connectivity index is 1.67. The minimum absolute atomic E-state index is 0.179. The van der Waals surface area contributed by atoms with Crippen LogP contribution in [-0.2, 0) is 18.3 Å². The summed E-state index contributed by atoms with van der Waals surface area (Å²) in [5, 5.41) is 7.70. The number of imidazole rings is 1. The molecule has 0 fully saturated rings. The zero-order valence-electron chi connectivity index (χ0n) is 14.5. The molecule has 2 aliphatic rings. The lowest BCUT2D eigenvalue weighted by molar-refractivity contribution is 0.555. The van der Waals surface area contributed by atoms with Gasteiger partial charge < -0.3 is 9.88 Å².